The van der Waals surface area contributed by atoms with Gasteiger partial charge in [-0.25, -0.2) is 4.79 Å². The van der Waals surface area contributed by atoms with Crippen molar-refractivity contribution in [1.29, 1.82) is 0 Å². The number of rotatable bonds is 1. The molecule has 0 radical (unpaired) electrons. The van der Waals surface area contributed by atoms with Crippen LogP contribution in [-0.2, 0) is 19.0 Å². The summed E-state index contributed by atoms with van der Waals surface area (Å²) in [7, 11) is 1.32. The molecule has 0 atom stereocenters. The first kappa shape index (κ1) is 9.48. The Hall–Kier alpha value is -0.610. The monoisotopic (exact) mass is 174 g/mol. The lowest BCUT2D eigenvalue weighted by molar-refractivity contribution is -0.231. The molecule has 1 saturated heterocycles. The van der Waals surface area contributed by atoms with Crippen LogP contribution in [-0.4, -0.2) is 32.1 Å². The Kier molecular flexibility index (Phi) is 3.05. The van der Waals surface area contributed by atoms with Crippen molar-refractivity contribution in [3.05, 3.63) is 0 Å². The zero-order valence-corrected chi connectivity index (χ0v) is 7.46. The van der Waals surface area contributed by atoms with Gasteiger partial charge in [0, 0.05) is 6.92 Å². The second kappa shape index (κ2) is 3.87. The van der Waals surface area contributed by atoms with Crippen LogP contribution >= 0.6 is 0 Å². The Labute approximate surface area is 71.8 Å². The summed E-state index contributed by atoms with van der Waals surface area (Å²) in [4.78, 5) is 11.2. The molecule has 0 saturated carbocycles. The van der Waals surface area contributed by atoms with Crippen molar-refractivity contribution < 1.29 is 19.0 Å². The number of carbonyl (C=O) groups excluding carboxylic acids is 1. The number of carbonyl (C=O) groups is 1. The highest BCUT2D eigenvalue weighted by molar-refractivity contribution is 5.77. The molecular formula is C8H14O4. The van der Waals surface area contributed by atoms with Crippen LogP contribution in [0.1, 0.15) is 19.8 Å². The average Bonchev–Trinajstić information content (AvgIpc) is 2.29. The fraction of sp³-hybridized carbons (Fsp3) is 0.875. The summed E-state index contributed by atoms with van der Waals surface area (Å²) in [5.41, 5.74) is 0. The van der Waals surface area contributed by atoms with Gasteiger partial charge in [-0.05, 0) is 12.8 Å². The molecule has 0 spiro atoms. The molecule has 0 aromatic heterocycles. The molecule has 1 aliphatic heterocycles. The number of esters is 1. The first-order valence-corrected chi connectivity index (χ1v) is 4.05. The highest BCUT2D eigenvalue weighted by Gasteiger charge is 2.37. The smallest absolute Gasteiger partial charge is 0.366 e. The van der Waals surface area contributed by atoms with Gasteiger partial charge >= 0.3 is 5.97 Å². The van der Waals surface area contributed by atoms with Gasteiger partial charge in [0.15, 0.2) is 0 Å². The fourth-order valence-electron chi connectivity index (χ4n) is 1.08. The Morgan fingerprint density at radius 3 is 2.25 bits per heavy atom. The molecule has 1 fully saturated rings. The third-order valence-electron chi connectivity index (χ3n) is 1.85. The van der Waals surface area contributed by atoms with Gasteiger partial charge in [-0.2, -0.15) is 0 Å². The Bertz CT molecular complexity index is 158. The minimum atomic E-state index is -1.19. The van der Waals surface area contributed by atoms with E-state index in [0.29, 0.717) is 13.2 Å². The van der Waals surface area contributed by atoms with E-state index in [1.54, 1.807) is 6.92 Å². The summed E-state index contributed by atoms with van der Waals surface area (Å²) in [6, 6.07) is 0. The number of hydrogen-bond donors (Lipinski definition) is 0. The van der Waals surface area contributed by atoms with E-state index in [9.17, 15) is 4.79 Å². The van der Waals surface area contributed by atoms with Crippen molar-refractivity contribution in [2.75, 3.05) is 20.3 Å². The molecule has 70 valence electrons. The van der Waals surface area contributed by atoms with Gasteiger partial charge in [0.1, 0.15) is 0 Å². The normalized spacial score (nSPS) is 22.8. The molecule has 0 bridgehead atoms. The van der Waals surface area contributed by atoms with E-state index >= 15 is 0 Å². The van der Waals surface area contributed by atoms with Crippen molar-refractivity contribution in [1.82, 2.24) is 0 Å². The van der Waals surface area contributed by atoms with Crippen LogP contribution in [0.3, 0.4) is 0 Å². The lowest BCUT2D eigenvalue weighted by atomic mass is 10.3. The van der Waals surface area contributed by atoms with E-state index in [2.05, 4.69) is 4.74 Å². The van der Waals surface area contributed by atoms with Crippen LogP contribution in [0.15, 0.2) is 0 Å². The Morgan fingerprint density at radius 2 is 1.83 bits per heavy atom. The zero-order valence-electron chi connectivity index (χ0n) is 7.46. The van der Waals surface area contributed by atoms with Gasteiger partial charge in [-0.15, -0.1) is 0 Å². The van der Waals surface area contributed by atoms with Crippen molar-refractivity contribution in [3.8, 4) is 0 Å². The van der Waals surface area contributed by atoms with Gasteiger partial charge < -0.3 is 14.2 Å². The minimum absolute atomic E-state index is 0.468. The van der Waals surface area contributed by atoms with E-state index in [-0.39, 0.29) is 0 Å². The topological polar surface area (TPSA) is 44.8 Å². The van der Waals surface area contributed by atoms with Crippen LogP contribution in [0.2, 0.25) is 0 Å². The summed E-state index contributed by atoms with van der Waals surface area (Å²) >= 11 is 0. The van der Waals surface area contributed by atoms with Crippen LogP contribution in [0.5, 0.6) is 0 Å². The highest BCUT2D eigenvalue weighted by atomic mass is 16.7. The zero-order chi connectivity index (χ0) is 9.03. The SMILES string of the molecule is COC(=O)C1(C)OCCCCO1. The van der Waals surface area contributed by atoms with E-state index < -0.39 is 11.8 Å². The molecule has 0 amide bonds. The minimum Gasteiger partial charge on any atom is -0.465 e. The summed E-state index contributed by atoms with van der Waals surface area (Å²) in [6.45, 7) is 2.68. The summed E-state index contributed by atoms with van der Waals surface area (Å²) in [5, 5.41) is 0. The second-order valence-corrected chi connectivity index (χ2v) is 2.84. The molecule has 0 aliphatic carbocycles. The average molecular weight is 174 g/mol. The van der Waals surface area contributed by atoms with E-state index in [0.717, 1.165) is 12.8 Å². The van der Waals surface area contributed by atoms with Crippen LogP contribution in [0.4, 0.5) is 0 Å². The van der Waals surface area contributed by atoms with Crippen LogP contribution in [0.25, 0.3) is 0 Å². The first-order valence-electron chi connectivity index (χ1n) is 4.05. The van der Waals surface area contributed by atoms with Crippen LogP contribution in [0, 0.1) is 0 Å². The van der Waals surface area contributed by atoms with Gasteiger partial charge in [-0.1, -0.05) is 0 Å². The highest BCUT2D eigenvalue weighted by Crippen LogP contribution is 2.18. The third kappa shape index (κ3) is 1.95. The summed E-state index contributed by atoms with van der Waals surface area (Å²) in [6.07, 6.45) is 1.85. The largest absolute Gasteiger partial charge is 0.465 e. The van der Waals surface area contributed by atoms with E-state index in [1.165, 1.54) is 7.11 Å². The molecule has 4 nitrogen and oxygen atoms in total. The molecule has 12 heavy (non-hydrogen) atoms. The molecule has 0 N–H and O–H groups in total. The predicted molar refractivity (Wildman–Crippen MR) is 41.6 cm³/mol. The molecule has 1 aliphatic rings. The predicted octanol–water partition coefficient (Wildman–Crippen LogP) is 0.703. The van der Waals surface area contributed by atoms with Gasteiger partial charge in [0.25, 0.3) is 5.79 Å². The van der Waals surface area contributed by atoms with E-state index in [4.69, 9.17) is 9.47 Å². The number of hydrogen-bond acceptors (Lipinski definition) is 4. The molecule has 0 unspecified atom stereocenters. The molecule has 1 rings (SSSR count). The first-order chi connectivity index (χ1) is 5.69. The quantitative estimate of drug-likeness (QED) is 0.549. The summed E-state index contributed by atoms with van der Waals surface area (Å²) in [5.74, 6) is -1.66. The molecule has 1 heterocycles. The van der Waals surface area contributed by atoms with Crippen LogP contribution < -0.4 is 0 Å². The van der Waals surface area contributed by atoms with Crippen molar-refractivity contribution in [3.63, 3.8) is 0 Å². The lowest BCUT2D eigenvalue weighted by Crippen LogP contribution is -2.41. The lowest BCUT2D eigenvalue weighted by Gasteiger charge is -2.24. The third-order valence-corrected chi connectivity index (χ3v) is 1.85. The fourth-order valence-corrected chi connectivity index (χ4v) is 1.08. The van der Waals surface area contributed by atoms with Gasteiger partial charge in [0.2, 0.25) is 0 Å². The summed E-state index contributed by atoms with van der Waals surface area (Å²) < 4.78 is 15.1. The van der Waals surface area contributed by atoms with Crippen molar-refractivity contribution in [2.24, 2.45) is 0 Å². The Morgan fingerprint density at radius 1 is 1.33 bits per heavy atom. The molecule has 0 aromatic rings. The van der Waals surface area contributed by atoms with E-state index in [1.807, 2.05) is 0 Å². The van der Waals surface area contributed by atoms with Gasteiger partial charge in [0.05, 0.1) is 20.3 Å². The van der Waals surface area contributed by atoms with Crippen molar-refractivity contribution >= 4 is 5.97 Å². The number of methoxy groups -OCH3 is 1. The maximum atomic E-state index is 11.2. The molecular weight excluding hydrogens is 160 g/mol. The Balaban J connectivity index is 2.59. The molecule has 0 aromatic carbocycles. The maximum absolute atomic E-state index is 11.2. The second-order valence-electron chi connectivity index (χ2n) is 2.84. The van der Waals surface area contributed by atoms with Crippen molar-refractivity contribution in [2.45, 2.75) is 25.6 Å². The maximum Gasteiger partial charge on any atom is 0.366 e. The molecule has 4 heteroatoms. The standard InChI is InChI=1S/C8H14O4/c1-8(7(9)10-2)11-5-3-4-6-12-8/h3-6H2,1-2H3. The van der Waals surface area contributed by atoms with Gasteiger partial charge in [-0.3, -0.25) is 0 Å². The number of ether oxygens (including phenoxy) is 3.